The van der Waals surface area contributed by atoms with Crippen LogP contribution < -0.4 is 5.73 Å². The Balaban J connectivity index is 1.65. The molecule has 0 aliphatic heterocycles. The lowest BCUT2D eigenvalue weighted by molar-refractivity contribution is 0.450. The van der Waals surface area contributed by atoms with E-state index in [1.165, 1.54) is 12.8 Å². The quantitative estimate of drug-likeness (QED) is 0.817. The van der Waals surface area contributed by atoms with Gasteiger partial charge in [0.15, 0.2) is 0 Å². The average molecular weight is 229 g/mol. The van der Waals surface area contributed by atoms with Crippen molar-refractivity contribution in [3.05, 3.63) is 41.6 Å². The number of hydrogen-bond donors (Lipinski definition) is 1. The third-order valence-corrected chi connectivity index (χ3v) is 3.07. The highest BCUT2D eigenvalue weighted by Crippen LogP contribution is 2.39. The molecule has 0 atom stereocenters. The Morgan fingerprint density at radius 1 is 1.18 bits per heavy atom. The van der Waals surface area contributed by atoms with E-state index in [0.717, 1.165) is 35.9 Å². The van der Waals surface area contributed by atoms with Crippen LogP contribution in [0.3, 0.4) is 0 Å². The maximum absolute atomic E-state index is 5.88. The summed E-state index contributed by atoms with van der Waals surface area (Å²) in [6, 6.07) is 7.89. The van der Waals surface area contributed by atoms with Crippen molar-refractivity contribution >= 4 is 5.69 Å². The largest absolute Gasteiger partial charge is 0.425 e. The van der Waals surface area contributed by atoms with Crippen LogP contribution in [-0.4, -0.2) is 10.2 Å². The molecule has 1 aromatic carbocycles. The molecule has 0 spiro atoms. The molecule has 1 aromatic heterocycles. The molecule has 4 nitrogen and oxygen atoms in total. The first-order valence-corrected chi connectivity index (χ1v) is 5.98. The molecular formula is C13H15N3O. The number of para-hydroxylation sites is 1. The van der Waals surface area contributed by atoms with Crippen LogP contribution in [0.4, 0.5) is 5.69 Å². The Labute approximate surface area is 99.8 Å². The van der Waals surface area contributed by atoms with Crippen molar-refractivity contribution in [1.29, 1.82) is 0 Å². The molecule has 0 amide bonds. The summed E-state index contributed by atoms with van der Waals surface area (Å²) in [5.74, 6) is 2.05. The first-order valence-electron chi connectivity index (χ1n) is 5.98. The minimum Gasteiger partial charge on any atom is -0.425 e. The summed E-state index contributed by atoms with van der Waals surface area (Å²) in [7, 11) is 0. The van der Waals surface area contributed by atoms with Crippen LogP contribution in [-0.2, 0) is 12.8 Å². The number of aromatic nitrogens is 2. The van der Waals surface area contributed by atoms with Crippen LogP contribution in [0, 0.1) is 0 Å². The van der Waals surface area contributed by atoms with Gasteiger partial charge >= 0.3 is 0 Å². The normalized spacial score (nSPS) is 15.1. The molecule has 1 fully saturated rings. The second-order valence-electron chi connectivity index (χ2n) is 4.51. The topological polar surface area (TPSA) is 64.9 Å². The Morgan fingerprint density at radius 2 is 2.00 bits per heavy atom. The lowest BCUT2D eigenvalue weighted by atomic mass is 10.1. The minimum atomic E-state index is 0.526. The van der Waals surface area contributed by atoms with E-state index in [0.29, 0.717) is 5.92 Å². The van der Waals surface area contributed by atoms with Gasteiger partial charge in [-0.1, -0.05) is 18.2 Å². The summed E-state index contributed by atoms with van der Waals surface area (Å²) in [5.41, 5.74) is 7.85. The van der Waals surface area contributed by atoms with E-state index >= 15 is 0 Å². The molecule has 0 radical (unpaired) electrons. The van der Waals surface area contributed by atoms with Gasteiger partial charge < -0.3 is 10.2 Å². The molecule has 17 heavy (non-hydrogen) atoms. The Bertz CT molecular complexity index is 517. The van der Waals surface area contributed by atoms with Crippen LogP contribution in [0.1, 0.15) is 36.1 Å². The van der Waals surface area contributed by atoms with Crippen LogP contribution >= 0.6 is 0 Å². The average Bonchev–Trinajstić information content (AvgIpc) is 3.08. The van der Waals surface area contributed by atoms with Gasteiger partial charge in [0, 0.05) is 18.0 Å². The number of nitrogens with zero attached hydrogens (tertiary/aromatic N) is 2. The number of rotatable bonds is 4. The molecule has 1 heterocycles. The third kappa shape index (κ3) is 2.30. The molecule has 3 rings (SSSR count). The van der Waals surface area contributed by atoms with Crippen molar-refractivity contribution in [3.63, 3.8) is 0 Å². The van der Waals surface area contributed by atoms with Gasteiger partial charge in [-0.15, -0.1) is 10.2 Å². The molecule has 0 unspecified atom stereocenters. The van der Waals surface area contributed by atoms with E-state index in [1.54, 1.807) is 0 Å². The van der Waals surface area contributed by atoms with Crippen molar-refractivity contribution in [2.24, 2.45) is 0 Å². The number of aryl methyl sites for hydroxylation is 2. The molecule has 2 N–H and O–H groups in total. The fourth-order valence-electron chi connectivity index (χ4n) is 1.87. The van der Waals surface area contributed by atoms with Crippen LogP contribution in [0.2, 0.25) is 0 Å². The summed E-state index contributed by atoms with van der Waals surface area (Å²) in [6.07, 6.45) is 3.98. The fourth-order valence-corrected chi connectivity index (χ4v) is 1.87. The monoisotopic (exact) mass is 229 g/mol. The predicted molar refractivity (Wildman–Crippen MR) is 64.5 cm³/mol. The first kappa shape index (κ1) is 10.3. The molecule has 0 saturated heterocycles. The smallest absolute Gasteiger partial charge is 0.219 e. The standard InChI is InChI=1S/C13H15N3O/c14-11-4-2-1-3-9(11)7-8-12-15-16-13(17-12)10-5-6-10/h1-4,10H,5-8,14H2. The third-order valence-electron chi connectivity index (χ3n) is 3.07. The van der Waals surface area contributed by atoms with Gasteiger partial charge in [0.25, 0.3) is 0 Å². The minimum absolute atomic E-state index is 0.526. The maximum atomic E-state index is 5.88. The van der Waals surface area contributed by atoms with Crippen molar-refractivity contribution in [3.8, 4) is 0 Å². The number of nitrogen functional groups attached to an aromatic ring is 1. The van der Waals surface area contributed by atoms with E-state index < -0.39 is 0 Å². The van der Waals surface area contributed by atoms with E-state index in [2.05, 4.69) is 10.2 Å². The van der Waals surface area contributed by atoms with Gasteiger partial charge in [-0.3, -0.25) is 0 Å². The summed E-state index contributed by atoms with van der Waals surface area (Å²) in [6.45, 7) is 0. The van der Waals surface area contributed by atoms with Crippen molar-refractivity contribution in [1.82, 2.24) is 10.2 Å². The Morgan fingerprint density at radius 3 is 2.76 bits per heavy atom. The van der Waals surface area contributed by atoms with Gasteiger partial charge in [-0.2, -0.15) is 0 Å². The summed E-state index contributed by atoms with van der Waals surface area (Å²) < 4.78 is 5.61. The highest BCUT2D eigenvalue weighted by molar-refractivity contribution is 5.46. The zero-order valence-electron chi connectivity index (χ0n) is 9.60. The highest BCUT2D eigenvalue weighted by Gasteiger charge is 2.29. The molecule has 88 valence electrons. The predicted octanol–water partition coefficient (Wildman–Crippen LogP) is 2.31. The second kappa shape index (κ2) is 4.20. The van der Waals surface area contributed by atoms with E-state index in [1.807, 2.05) is 24.3 Å². The van der Waals surface area contributed by atoms with Crippen molar-refractivity contribution in [2.45, 2.75) is 31.6 Å². The molecular weight excluding hydrogens is 214 g/mol. The molecule has 1 aliphatic carbocycles. The number of hydrogen-bond acceptors (Lipinski definition) is 4. The number of nitrogens with two attached hydrogens (primary N) is 1. The van der Waals surface area contributed by atoms with Crippen LogP contribution in [0.15, 0.2) is 28.7 Å². The summed E-state index contributed by atoms with van der Waals surface area (Å²) in [4.78, 5) is 0. The van der Waals surface area contributed by atoms with Crippen LogP contribution in [0.5, 0.6) is 0 Å². The van der Waals surface area contributed by atoms with Crippen LogP contribution in [0.25, 0.3) is 0 Å². The molecule has 0 bridgehead atoms. The van der Waals surface area contributed by atoms with Crippen molar-refractivity contribution < 1.29 is 4.42 Å². The lowest BCUT2D eigenvalue weighted by Gasteiger charge is -2.02. The van der Waals surface area contributed by atoms with Gasteiger partial charge in [0.2, 0.25) is 11.8 Å². The number of benzene rings is 1. The van der Waals surface area contributed by atoms with E-state index in [-0.39, 0.29) is 0 Å². The second-order valence-corrected chi connectivity index (χ2v) is 4.51. The molecule has 2 aromatic rings. The summed E-state index contributed by atoms with van der Waals surface area (Å²) >= 11 is 0. The Hall–Kier alpha value is -1.84. The fraction of sp³-hybridized carbons (Fsp3) is 0.385. The summed E-state index contributed by atoms with van der Waals surface area (Å²) in [5, 5.41) is 8.13. The van der Waals surface area contributed by atoms with E-state index in [9.17, 15) is 0 Å². The van der Waals surface area contributed by atoms with Gasteiger partial charge in [0.05, 0.1) is 0 Å². The van der Waals surface area contributed by atoms with Gasteiger partial charge in [0.1, 0.15) is 0 Å². The first-order chi connectivity index (χ1) is 8.33. The lowest BCUT2D eigenvalue weighted by Crippen LogP contribution is -1.96. The maximum Gasteiger partial charge on any atom is 0.219 e. The Kier molecular flexibility index (Phi) is 2.55. The van der Waals surface area contributed by atoms with Gasteiger partial charge in [-0.25, -0.2) is 0 Å². The molecule has 1 saturated carbocycles. The van der Waals surface area contributed by atoms with E-state index in [4.69, 9.17) is 10.2 Å². The number of anilines is 1. The van der Waals surface area contributed by atoms with Crippen molar-refractivity contribution in [2.75, 3.05) is 5.73 Å². The molecule has 1 aliphatic rings. The molecule has 4 heteroatoms. The zero-order valence-corrected chi connectivity index (χ0v) is 9.60. The zero-order chi connectivity index (χ0) is 11.7. The SMILES string of the molecule is Nc1ccccc1CCc1nnc(C2CC2)o1. The highest BCUT2D eigenvalue weighted by atomic mass is 16.4. The van der Waals surface area contributed by atoms with Gasteiger partial charge in [-0.05, 0) is 30.9 Å².